The number of nitrogens with zero attached hydrogens (tertiary/aromatic N) is 5. The molecule has 4 rings (SSSR count). The summed E-state index contributed by atoms with van der Waals surface area (Å²) >= 11 is 1.35. The van der Waals surface area contributed by atoms with Crippen molar-refractivity contribution in [2.45, 2.75) is 50.4 Å². The average molecular weight is 375 g/mol. The Hall–Kier alpha value is -2.29. The fraction of sp³-hybridized carbons (Fsp3) is 0.529. The van der Waals surface area contributed by atoms with Crippen molar-refractivity contribution in [1.29, 1.82) is 0 Å². The number of hydrogen-bond acceptors (Lipinski definition) is 7. The van der Waals surface area contributed by atoms with Gasteiger partial charge in [-0.3, -0.25) is 4.79 Å². The second kappa shape index (κ2) is 7.14. The molecule has 0 saturated carbocycles. The van der Waals surface area contributed by atoms with Crippen LogP contribution in [0.1, 0.15) is 33.1 Å². The van der Waals surface area contributed by atoms with Gasteiger partial charge in [0, 0.05) is 18.2 Å². The smallest absolute Gasteiger partial charge is 0.233 e. The number of carbonyl (C=O) groups excluding carboxylic acids is 1. The average Bonchev–Trinajstić information content (AvgIpc) is 3.28. The number of likely N-dealkylation sites (tertiary alicyclic amines) is 1. The van der Waals surface area contributed by atoms with Crippen LogP contribution in [0.4, 0.5) is 0 Å². The SMILES string of the molecule is CC1CCCC(C)N1C(=O)CSc1nnnn1-c1ccc2c(c1)OCO2. The van der Waals surface area contributed by atoms with Crippen LogP contribution in [0, 0.1) is 0 Å². The molecule has 0 radical (unpaired) electrons. The van der Waals surface area contributed by atoms with Gasteiger partial charge in [-0.2, -0.15) is 4.68 Å². The van der Waals surface area contributed by atoms with Gasteiger partial charge in [-0.05, 0) is 55.7 Å². The van der Waals surface area contributed by atoms with E-state index in [0.29, 0.717) is 22.4 Å². The van der Waals surface area contributed by atoms with Crippen LogP contribution in [0.15, 0.2) is 23.4 Å². The number of tetrazole rings is 1. The van der Waals surface area contributed by atoms with Crippen LogP contribution in [-0.2, 0) is 4.79 Å². The van der Waals surface area contributed by atoms with Crippen molar-refractivity contribution in [2.24, 2.45) is 0 Å². The maximum absolute atomic E-state index is 12.7. The van der Waals surface area contributed by atoms with E-state index in [1.165, 1.54) is 18.2 Å². The lowest BCUT2D eigenvalue weighted by Crippen LogP contribution is -2.48. The van der Waals surface area contributed by atoms with E-state index in [1.54, 1.807) is 4.68 Å². The highest BCUT2D eigenvalue weighted by atomic mass is 32.2. The molecular formula is C17H21N5O3S. The van der Waals surface area contributed by atoms with E-state index in [0.717, 1.165) is 18.5 Å². The Bertz CT molecular complexity index is 801. The molecule has 0 bridgehead atoms. The Morgan fingerprint density at radius 2 is 2.00 bits per heavy atom. The topological polar surface area (TPSA) is 82.4 Å². The lowest BCUT2D eigenvalue weighted by atomic mass is 9.98. The lowest BCUT2D eigenvalue weighted by molar-refractivity contribution is -0.134. The van der Waals surface area contributed by atoms with Crippen molar-refractivity contribution < 1.29 is 14.3 Å². The molecule has 8 nitrogen and oxygen atoms in total. The van der Waals surface area contributed by atoms with Gasteiger partial charge in [0.25, 0.3) is 0 Å². The molecule has 2 aliphatic rings. The third-order valence-corrected chi connectivity index (χ3v) is 5.75. The van der Waals surface area contributed by atoms with Crippen molar-refractivity contribution >= 4 is 17.7 Å². The zero-order valence-corrected chi connectivity index (χ0v) is 15.6. The molecule has 1 aromatic heterocycles. The summed E-state index contributed by atoms with van der Waals surface area (Å²) in [5, 5.41) is 12.4. The van der Waals surface area contributed by atoms with Gasteiger partial charge in [0.1, 0.15) is 0 Å². The van der Waals surface area contributed by atoms with E-state index in [1.807, 2.05) is 23.1 Å². The Labute approximate surface area is 155 Å². The second-order valence-corrected chi connectivity index (χ2v) is 7.57. The molecule has 2 atom stereocenters. The maximum Gasteiger partial charge on any atom is 0.233 e. The maximum atomic E-state index is 12.7. The number of piperidine rings is 1. The molecule has 3 heterocycles. The van der Waals surface area contributed by atoms with E-state index in [4.69, 9.17) is 9.47 Å². The van der Waals surface area contributed by atoms with Crippen LogP contribution in [0.3, 0.4) is 0 Å². The number of fused-ring (bicyclic) bond motifs is 1. The quantitative estimate of drug-likeness (QED) is 0.758. The van der Waals surface area contributed by atoms with E-state index in [-0.39, 0.29) is 24.8 Å². The van der Waals surface area contributed by atoms with Gasteiger partial charge in [0.15, 0.2) is 11.5 Å². The molecule has 1 aromatic carbocycles. The number of aromatic nitrogens is 4. The summed E-state index contributed by atoms with van der Waals surface area (Å²) in [5.41, 5.74) is 0.772. The largest absolute Gasteiger partial charge is 0.454 e. The first-order valence-corrected chi connectivity index (χ1v) is 9.74. The zero-order chi connectivity index (χ0) is 18.1. The number of rotatable bonds is 4. The third kappa shape index (κ3) is 3.23. The standard InChI is InChI=1S/C17H21N5O3S/c1-11-4-3-5-12(2)21(11)16(23)9-26-17-18-19-20-22(17)13-6-7-14-15(8-13)25-10-24-14/h6-8,11-12H,3-5,9-10H2,1-2H3. The molecule has 0 aliphatic carbocycles. The number of hydrogen-bond donors (Lipinski definition) is 0. The third-order valence-electron chi connectivity index (χ3n) is 4.85. The summed E-state index contributed by atoms with van der Waals surface area (Å²) in [6.45, 7) is 4.46. The van der Waals surface area contributed by atoms with Crippen LogP contribution in [0.25, 0.3) is 5.69 Å². The monoisotopic (exact) mass is 375 g/mol. The van der Waals surface area contributed by atoms with Crippen molar-refractivity contribution in [3.05, 3.63) is 18.2 Å². The van der Waals surface area contributed by atoms with Gasteiger partial charge in [-0.1, -0.05) is 11.8 Å². The molecule has 1 saturated heterocycles. The summed E-state index contributed by atoms with van der Waals surface area (Å²) < 4.78 is 12.3. The molecule has 1 amide bonds. The fourth-order valence-electron chi connectivity index (χ4n) is 3.56. The van der Waals surface area contributed by atoms with Gasteiger partial charge in [0.2, 0.25) is 17.9 Å². The summed E-state index contributed by atoms with van der Waals surface area (Å²) in [6.07, 6.45) is 3.31. The number of ether oxygens (including phenoxy) is 2. The van der Waals surface area contributed by atoms with Gasteiger partial charge < -0.3 is 14.4 Å². The number of amides is 1. The molecule has 9 heteroatoms. The predicted molar refractivity (Wildman–Crippen MR) is 95.6 cm³/mol. The highest BCUT2D eigenvalue weighted by molar-refractivity contribution is 7.99. The van der Waals surface area contributed by atoms with Crippen LogP contribution in [0.2, 0.25) is 0 Å². The Morgan fingerprint density at radius 3 is 2.81 bits per heavy atom. The van der Waals surface area contributed by atoms with Gasteiger partial charge in [0.05, 0.1) is 11.4 Å². The first-order valence-electron chi connectivity index (χ1n) is 8.76. The lowest BCUT2D eigenvalue weighted by Gasteiger charge is -2.39. The van der Waals surface area contributed by atoms with E-state index in [2.05, 4.69) is 29.4 Å². The Balaban J connectivity index is 1.47. The first kappa shape index (κ1) is 17.1. The highest BCUT2D eigenvalue weighted by Crippen LogP contribution is 2.34. The van der Waals surface area contributed by atoms with Crippen molar-refractivity contribution in [2.75, 3.05) is 12.5 Å². The summed E-state index contributed by atoms with van der Waals surface area (Å²) in [4.78, 5) is 14.7. The molecule has 1 fully saturated rings. The van der Waals surface area contributed by atoms with Gasteiger partial charge in [-0.15, -0.1) is 5.10 Å². The summed E-state index contributed by atoms with van der Waals surface area (Å²) in [7, 11) is 0. The van der Waals surface area contributed by atoms with Crippen molar-refractivity contribution in [1.82, 2.24) is 25.1 Å². The van der Waals surface area contributed by atoms with Crippen LogP contribution < -0.4 is 9.47 Å². The summed E-state index contributed by atoms with van der Waals surface area (Å²) in [6, 6.07) is 6.10. The predicted octanol–water partition coefficient (Wildman–Crippen LogP) is 2.27. The minimum atomic E-state index is 0.134. The van der Waals surface area contributed by atoms with Crippen molar-refractivity contribution in [3.8, 4) is 17.2 Å². The molecule has 0 N–H and O–H groups in total. The Kier molecular flexibility index (Phi) is 4.71. The molecule has 26 heavy (non-hydrogen) atoms. The number of carbonyl (C=O) groups is 1. The number of thioether (sulfide) groups is 1. The van der Waals surface area contributed by atoms with Crippen molar-refractivity contribution in [3.63, 3.8) is 0 Å². The minimum absolute atomic E-state index is 0.134. The zero-order valence-electron chi connectivity index (χ0n) is 14.8. The summed E-state index contributed by atoms with van der Waals surface area (Å²) in [5.74, 6) is 1.83. The first-order chi connectivity index (χ1) is 12.6. The molecule has 0 spiro atoms. The Morgan fingerprint density at radius 1 is 1.23 bits per heavy atom. The molecule has 2 aromatic rings. The normalized spacial score (nSPS) is 21.8. The van der Waals surface area contributed by atoms with Crippen LogP contribution in [-0.4, -0.2) is 55.6 Å². The molecule has 2 unspecified atom stereocenters. The molecule has 138 valence electrons. The van der Waals surface area contributed by atoms with Crippen LogP contribution >= 0.6 is 11.8 Å². The molecule has 2 aliphatic heterocycles. The van der Waals surface area contributed by atoms with E-state index < -0.39 is 0 Å². The second-order valence-electron chi connectivity index (χ2n) is 6.63. The minimum Gasteiger partial charge on any atom is -0.454 e. The van der Waals surface area contributed by atoms with Gasteiger partial charge in [-0.25, -0.2) is 0 Å². The number of benzene rings is 1. The molecular weight excluding hydrogens is 354 g/mol. The van der Waals surface area contributed by atoms with Crippen LogP contribution in [0.5, 0.6) is 11.5 Å². The van der Waals surface area contributed by atoms with Gasteiger partial charge >= 0.3 is 0 Å². The highest BCUT2D eigenvalue weighted by Gasteiger charge is 2.29. The fourth-order valence-corrected chi connectivity index (χ4v) is 4.32. The van der Waals surface area contributed by atoms with E-state index in [9.17, 15) is 4.79 Å². The van der Waals surface area contributed by atoms with E-state index >= 15 is 0 Å².